The van der Waals surface area contributed by atoms with Crippen LogP contribution in [0.25, 0.3) is 0 Å². The standard InChI is InChI=1S/C16H15F3N2O2/c1-22-14-8-7-11(9-15(14)23-2)10-20-21-13-6-4-3-5-12(13)16(17,18)19/h3-10,21H,1-2H3. The number of hydrogen-bond donors (Lipinski definition) is 1. The Morgan fingerprint density at radius 3 is 2.35 bits per heavy atom. The molecule has 0 heterocycles. The molecular formula is C16H15F3N2O2. The minimum Gasteiger partial charge on any atom is -0.493 e. The number of rotatable bonds is 5. The summed E-state index contributed by atoms with van der Waals surface area (Å²) >= 11 is 0. The van der Waals surface area contributed by atoms with Gasteiger partial charge in [0.1, 0.15) is 0 Å². The number of para-hydroxylation sites is 1. The third-order valence-electron chi connectivity index (χ3n) is 3.04. The molecule has 0 amide bonds. The van der Waals surface area contributed by atoms with Gasteiger partial charge in [0.2, 0.25) is 0 Å². The molecule has 2 rings (SSSR count). The Morgan fingerprint density at radius 1 is 1.00 bits per heavy atom. The first kappa shape index (κ1) is 16.7. The lowest BCUT2D eigenvalue weighted by Gasteiger charge is -2.11. The van der Waals surface area contributed by atoms with E-state index < -0.39 is 11.7 Å². The zero-order valence-electron chi connectivity index (χ0n) is 12.5. The van der Waals surface area contributed by atoms with Gasteiger partial charge < -0.3 is 9.47 Å². The summed E-state index contributed by atoms with van der Waals surface area (Å²) in [6, 6.07) is 10.2. The van der Waals surface area contributed by atoms with Crippen molar-refractivity contribution in [2.24, 2.45) is 5.10 Å². The van der Waals surface area contributed by atoms with Gasteiger partial charge in [0.15, 0.2) is 11.5 Å². The number of benzene rings is 2. The summed E-state index contributed by atoms with van der Waals surface area (Å²) in [6.45, 7) is 0. The minimum atomic E-state index is -4.44. The van der Waals surface area contributed by atoms with Crippen LogP contribution in [0.3, 0.4) is 0 Å². The summed E-state index contributed by atoms with van der Waals surface area (Å²) in [7, 11) is 3.01. The van der Waals surface area contributed by atoms with E-state index in [4.69, 9.17) is 9.47 Å². The lowest BCUT2D eigenvalue weighted by Crippen LogP contribution is -2.08. The molecular weight excluding hydrogens is 309 g/mol. The van der Waals surface area contributed by atoms with E-state index in [0.717, 1.165) is 6.07 Å². The fourth-order valence-electron chi connectivity index (χ4n) is 1.94. The molecule has 23 heavy (non-hydrogen) atoms. The Balaban J connectivity index is 2.17. The van der Waals surface area contributed by atoms with Crippen LogP contribution in [0.5, 0.6) is 11.5 Å². The van der Waals surface area contributed by atoms with Crippen molar-refractivity contribution in [1.29, 1.82) is 0 Å². The maximum atomic E-state index is 12.9. The molecule has 0 aliphatic rings. The summed E-state index contributed by atoms with van der Waals surface area (Å²) in [6.07, 6.45) is -3.04. The number of hydrazone groups is 1. The van der Waals surface area contributed by atoms with Crippen molar-refractivity contribution in [3.8, 4) is 11.5 Å². The maximum absolute atomic E-state index is 12.9. The average Bonchev–Trinajstić information content (AvgIpc) is 2.54. The van der Waals surface area contributed by atoms with Crippen LogP contribution in [-0.2, 0) is 6.18 Å². The molecule has 2 aromatic rings. The van der Waals surface area contributed by atoms with Crippen molar-refractivity contribution >= 4 is 11.9 Å². The van der Waals surface area contributed by atoms with Crippen LogP contribution < -0.4 is 14.9 Å². The first-order valence-electron chi connectivity index (χ1n) is 6.63. The summed E-state index contributed by atoms with van der Waals surface area (Å²) in [4.78, 5) is 0. The molecule has 1 N–H and O–H groups in total. The van der Waals surface area contributed by atoms with E-state index in [1.54, 1.807) is 18.2 Å². The summed E-state index contributed by atoms with van der Waals surface area (Å²) in [5, 5.41) is 3.85. The molecule has 0 saturated carbocycles. The molecule has 0 bridgehead atoms. The van der Waals surface area contributed by atoms with Crippen molar-refractivity contribution in [3.63, 3.8) is 0 Å². The highest BCUT2D eigenvalue weighted by Crippen LogP contribution is 2.34. The summed E-state index contributed by atoms with van der Waals surface area (Å²) in [5.74, 6) is 1.06. The number of nitrogens with one attached hydrogen (secondary N) is 1. The molecule has 0 saturated heterocycles. The van der Waals surface area contributed by atoms with Crippen molar-refractivity contribution in [2.75, 3.05) is 19.6 Å². The van der Waals surface area contributed by atoms with Crippen LogP contribution in [0, 0.1) is 0 Å². The first-order chi connectivity index (χ1) is 11.0. The van der Waals surface area contributed by atoms with Gasteiger partial charge >= 0.3 is 6.18 Å². The Kier molecular flexibility index (Phi) is 5.10. The highest BCUT2D eigenvalue weighted by atomic mass is 19.4. The molecule has 0 spiro atoms. The minimum absolute atomic E-state index is 0.114. The first-order valence-corrected chi connectivity index (χ1v) is 6.63. The highest BCUT2D eigenvalue weighted by Gasteiger charge is 2.33. The van der Waals surface area contributed by atoms with Crippen molar-refractivity contribution in [1.82, 2.24) is 0 Å². The number of methoxy groups -OCH3 is 2. The lowest BCUT2D eigenvalue weighted by atomic mass is 10.2. The van der Waals surface area contributed by atoms with Gasteiger partial charge in [-0.25, -0.2) is 0 Å². The third-order valence-corrected chi connectivity index (χ3v) is 3.04. The average molecular weight is 324 g/mol. The third kappa shape index (κ3) is 4.15. The molecule has 2 aromatic carbocycles. The van der Waals surface area contributed by atoms with Crippen LogP contribution in [-0.4, -0.2) is 20.4 Å². The van der Waals surface area contributed by atoms with E-state index in [0.29, 0.717) is 17.1 Å². The normalized spacial score (nSPS) is 11.5. The van der Waals surface area contributed by atoms with Crippen LogP contribution >= 0.6 is 0 Å². The van der Waals surface area contributed by atoms with Gasteiger partial charge in [0.05, 0.1) is 31.7 Å². The summed E-state index contributed by atoms with van der Waals surface area (Å²) < 4.78 is 48.8. The van der Waals surface area contributed by atoms with E-state index in [2.05, 4.69) is 10.5 Å². The number of nitrogens with zero attached hydrogens (tertiary/aromatic N) is 1. The fourth-order valence-corrected chi connectivity index (χ4v) is 1.94. The Labute approximate surface area is 131 Å². The molecule has 0 atom stereocenters. The zero-order valence-corrected chi connectivity index (χ0v) is 12.5. The van der Waals surface area contributed by atoms with Gasteiger partial charge in [0, 0.05) is 0 Å². The number of halogens is 3. The molecule has 0 fully saturated rings. The number of hydrogen-bond acceptors (Lipinski definition) is 4. The molecule has 4 nitrogen and oxygen atoms in total. The summed E-state index contributed by atoms with van der Waals surface area (Å²) in [5.41, 5.74) is 2.18. The van der Waals surface area contributed by atoms with Gasteiger partial charge in [-0.15, -0.1) is 0 Å². The number of alkyl halides is 3. The maximum Gasteiger partial charge on any atom is 0.418 e. The SMILES string of the molecule is COc1ccc(C=NNc2ccccc2C(F)(F)F)cc1OC. The van der Waals surface area contributed by atoms with E-state index in [-0.39, 0.29) is 5.69 Å². The quantitative estimate of drug-likeness (QED) is 0.663. The van der Waals surface area contributed by atoms with Gasteiger partial charge in [-0.2, -0.15) is 18.3 Å². The van der Waals surface area contributed by atoms with Crippen LogP contribution in [0.2, 0.25) is 0 Å². The Bertz CT molecular complexity index is 700. The van der Waals surface area contributed by atoms with Gasteiger partial charge in [-0.3, -0.25) is 5.43 Å². The number of ether oxygens (including phenoxy) is 2. The second-order valence-electron chi connectivity index (χ2n) is 4.53. The predicted octanol–water partition coefficient (Wildman–Crippen LogP) is 4.17. The second-order valence-corrected chi connectivity index (χ2v) is 4.53. The molecule has 0 radical (unpaired) electrons. The van der Waals surface area contributed by atoms with Crippen LogP contribution in [0.15, 0.2) is 47.6 Å². The van der Waals surface area contributed by atoms with Crippen molar-refractivity contribution < 1.29 is 22.6 Å². The smallest absolute Gasteiger partial charge is 0.418 e. The molecule has 7 heteroatoms. The van der Waals surface area contributed by atoms with E-state index >= 15 is 0 Å². The van der Waals surface area contributed by atoms with Crippen LogP contribution in [0.4, 0.5) is 18.9 Å². The van der Waals surface area contributed by atoms with E-state index in [1.807, 2.05) is 0 Å². The second kappa shape index (κ2) is 7.04. The van der Waals surface area contributed by atoms with E-state index in [1.165, 1.54) is 38.6 Å². The molecule has 0 aliphatic heterocycles. The monoisotopic (exact) mass is 324 g/mol. The van der Waals surface area contributed by atoms with Crippen LogP contribution in [0.1, 0.15) is 11.1 Å². The largest absolute Gasteiger partial charge is 0.493 e. The van der Waals surface area contributed by atoms with Crippen molar-refractivity contribution in [2.45, 2.75) is 6.18 Å². The van der Waals surface area contributed by atoms with E-state index in [9.17, 15) is 13.2 Å². The van der Waals surface area contributed by atoms with Gasteiger partial charge in [0.25, 0.3) is 0 Å². The predicted molar refractivity (Wildman–Crippen MR) is 82.2 cm³/mol. The van der Waals surface area contributed by atoms with Crippen molar-refractivity contribution in [3.05, 3.63) is 53.6 Å². The topological polar surface area (TPSA) is 42.8 Å². The molecule has 122 valence electrons. The molecule has 0 aromatic heterocycles. The van der Waals surface area contributed by atoms with Gasteiger partial charge in [-0.05, 0) is 35.9 Å². The molecule has 0 unspecified atom stereocenters. The Morgan fingerprint density at radius 2 is 1.70 bits per heavy atom. The lowest BCUT2D eigenvalue weighted by molar-refractivity contribution is -0.136. The fraction of sp³-hybridized carbons (Fsp3) is 0.188. The zero-order chi connectivity index (χ0) is 16.9. The Hall–Kier alpha value is -2.70. The highest BCUT2D eigenvalue weighted by molar-refractivity contribution is 5.81. The molecule has 0 aliphatic carbocycles. The number of anilines is 1. The van der Waals surface area contributed by atoms with Gasteiger partial charge in [-0.1, -0.05) is 12.1 Å².